The zero-order chi connectivity index (χ0) is 17.1. The minimum atomic E-state index is 0.732. The quantitative estimate of drug-likeness (QED) is 0.487. The highest BCUT2D eigenvalue weighted by Crippen LogP contribution is 2.29. The lowest BCUT2D eigenvalue weighted by Crippen LogP contribution is -1.95. The third-order valence-corrected chi connectivity index (χ3v) is 4.64. The molecule has 4 aromatic rings. The molecule has 0 radical (unpaired) electrons. The lowest BCUT2D eigenvalue weighted by Gasteiger charge is -2.09. The van der Waals surface area contributed by atoms with Crippen LogP contribution >= 0.6 is 11.3 Å². The fraction of sp³-hybridized carbons (Fsp3) is 0.0476. The van der Waals surface area contributed by atoms with E-state index in [1.807, 2.05) is 60.7 Å². The normalized spacial score (nSPS) is 10.6. The molecule has 0 aliphatic rings. The predicted molar refractivity (Wildman–Crippen MR) is 103 cm³/mol. The molecule has 0 saturated heterocycles. The zero-order valence-corrected chi connectivity index (χ0v) is 14.5. The van der Waals surface area contributed by atoms with Crippen molar-refractivity contribution in [2.24, 2.45) is 0 Å². The summed E-state index contributed by atoms with van der Waals surface area (Å²) >= 11 is 1.67. The maximum absolute atomic E-state index is 5.25. The van der Waals surface area contributed by atoms with Gasteiger partial charge in [-0.3, -0.25) is 0 Å². The summed E-state index contributed by atoms with van der Waals surface area (Å²) in [7, 11) is 1.67. The summed E-state index contributed by atoms with van der Waals surface area (Å²) < 4.78 is 5.25. The van der Waals surface area contributed by atoms with Gasteiger partial charge in [0.1, 0.15) is 5.75 Å². The van der Waals surface area contributed by atoms with E-state index in [9.17, 15) is 0 Å². The van der Waals surface area contributed by atoms with Crippen molar-refractivity contribution < 1.29 is 4.74 Å². The molecule has 122 valence electrons. The van der Waals surface area contributed by atoms with Crippen LogP contribution in [0.1, 0.15) is 0 Å². The summed E-state index contributed by atoms with van der Waals surface area (Å²) in [6.45, 7) is 0. The highest BCUT2D eigenvalue weighted by Gasteiger charge is 2.10. The standard InChI is InChI=1S/C21H16N2OS/c1-24-18-9-7-15(8-10-18)19-13-20(17-11-12-25-14-17)23-21(22-19)16-5-3-2-4-6-16/h2-14H,1H3. The van der Waals surface area contributed by atoms with Crippen LogP contribution in [0.25, 0.3) is 33.9 Å². The van der Waals surface area contributed by atoms with E-state index in [4.69, 9.17) is 14.7 Å². The number of rotatable bonds is 4. The smallest absolute Gasteiger partial charge is 0.160 e. The number of nitrogens with zero attached hydrogens (tertiary/aromatic N) is 2. The van der Waals surface area contributed by atoms with Crippen LogP contribution in [-0.2, 0) is 0 Å². The molecule has 0 unspecified atom stereocenters. The highest BCUT2D eigenvalue weighted by molar-refractivity contribution is 7.08. The number of aromatic nitrogens is 2. The van der Waals surface area contributed by atoms with Gasteiger partial charge in [0.25, 0.3) is 0 Å². The Hall–Kier alpha value is -2.98. The van der Waals surface area contributed by atoms with Gasteiger partial charge < -0.3 is 4.74 Å². The maximum Gasteiger partial charge on any atom is 0.160 e. The van der Waals surface area contributed by atoms with Crippen molar-refractivity contribution in [2.45, 2.75) is 0 Å². The fourth-order valence-electron chi connectivity index (χ4n) is 2.63. The molecule has 0 N–H and O–H groups in total. The average Bonchev–Trinajstić information content (AvgIpc) is 3.23. The number of thiophene rings is 1. The maximum atomic E-state index is 5.25. The van der Waals surface area contributed by atoms with E-state index in [2.05, 4.69) is 16.8 Å². The van der Waals surface area contributed by atoms with Gasteiger partial charge in [-0.25, -0.2) is 9.97 Å². The van der Waals surface area contributed by atoms with Gasteiger partial charge in [-0.1, -0.05) is 30.3 Å². The molecule has 0 bridgehead atoms. The molecular formula is C21H16N2OS. The summed E-state index contributed by atoms with van der Waals surface area (Å²) in [5.41, 5.74) is 4.99. The average molecular weight is 344 g/mol. The second-order valence-corrected chi connectivity index (χ2v) is 6.35. The van der Waals surface area contributed by atoms with Gasteiger partial charge >= 0.3 is 0 Å². The Labute approximate surface area is 150 Å². The van der Waals surface area contributed by atoms with Crippen LogP contribution < -0.4 is 4.74 Å². The van der Waals surface area contributed by atoms with E-state index in [1.165, 1.54) is 0 Å². The van der Waals surface area contributed by atoms with Crippen LogP contribution in [0, 0.1) is 0 Å². The molecule has 0 aliphatic carbocycles. The van der Waals surface area contributed by atoms with Crippen molar-refractivity contribution >= 4 is 11.3 Å². The van der Waals surface area contributed by atoms with Crippen molar-refractivity contribution in [1.29, 1.82) is 0 Å². The number of ether oxygens (including phenoxy) is 1. The lowest BCUT2D eigenvalue weighted by atomic mass is 10.1. The van der Waals surface area contributed by atoms with Gasteiger partial charge in [0.2, 0.25) is 0 Å². The first-order valence-electron chi connectivity index (χ1n) is 7.95. The monoisotopic (exact) mass is 344 g/mol. The van der Waals surface area contributed by atoms with Gasteiger partial charge in [-0.2, -0.15) is 11.3 Å². The Morgan fingerprint density at radius 1 is 0.760 bits per heavy atom. The Balaban J connectivity index is 1.86. The third kappa shape index (κ3) is 3.30. The Morgan fingerprint density at radius 2 is 1.48 bits per heavy atom. The van der Waals surface area contributed by atoms with Crippen LogP contribution in [0.3, 0.4) is 0 Å². The molecule has 2 heterocycles. The summed E-state index contributed by atoms with van der Waals surface area (Å²) in [4.78, 5) is 9.57. The predicted octanol–water partition coefficient (Wildman–Crippen LogP) is 5.55. The first-order chi connectivity index (χ1) is 12.3. The fourth-order valence-corrected chi connectivity index (χ4v) is 3.28. The molecule has 0 aliphatic heterocycles. The van der Waals surface area contributed by atoms with Gasteiger partial charge in [0, 0.05) is 22.1 Å². The molecule has 0 spiro atoms. The van der Waals surface area contributed by atoms with Crippen molar-refractivity contribution in [1.82, 2.24) is 9.97 Å². The summed E-state index contributed by atoms with van der Waals surface area (Å²) in [6.07, 6.45) is 0. The van der Waals surface area contributed by atoms with E-state index in [1.54, 1.807) is 18.4 Å². The number of hydrogen-bond donors (Lipinski definition) is 0. The van der Waals surface area contributed by atoms with Crippen molar-refractivity contribution in [3.63, 3.8) is 0 Å². The molecule has 4 heteroatoms. The van der Waals surface area contributed by atoms with Crippen LogP contribution in [0.2, 0.25) is 0 Å². The summed E-state index contributed by atoms with van der Waals surface area (Å²) in [5.74, 6) is 1.56. The van der Waals surface area contributed by atoms with Crippen molar-refractivity contribution in [2.75, 3.05) is 7.11 Å². The largest absolute Gasteiger partial charge is 0.497 e. The van der Waals surface area contributed by atoms with E-state index in [0.717, 1.165) is 39.7 Å². The molecule has 0 amide bonds. The van der Waals surface area contributed by atoms with E-state index in [0.29, 0.717) is 0 Å². The molecule has 2 aromatic heterocycles. The van der Waals surface area contributed by atoms with Gasteiger partial charge in [0.05, 0.1) is 18.5 Å². The molecule has 4 rings (SSSR count). The first kappa shape index (κ1) is 15.5. The zero-order valence-electron chi connectivity index (χ0n) is 13.7. The minimum absolute atomic E-state index is 0.732. The van der Waals surface area contributed by atoms with E-state index >= 15 is 0 Å². The third-order valence-electron chi connectivity index (χ3n) is 3.96. The SMILES string of the molecule is COc1ccc(-c2cc(-c3ccsc3)nc(-c3ccccc3)n2)cc1. The van der Waals surface area contributed by atoms with Gasteiger partial charge in [-0.15, -0.1) is 0 Å². The Kier molecular flexibility index (Phi) is 4.27. The molecule has 0 fully saturated rings. The second-order valence-electron chi connectivity index (χ2n) is 5.57. The molecular weight excluding hydrogens is 328 g/mol. The number of benzene rings is 2. The highest BCUT2D eigenvalue weighted by atomic mass is 32.1. The number of hydrogen-bond acceptors (Lipinski definition) is 4. The lowest BCUT2D eigenvalue weighted by molar-refractivity contribution is 0.415. The summed E-state index contributed by atoms with van der Waals surface area (Å²) in [6, 6.07) is 22.1. The topological polar surface area (TPSA) is 35.0 Å². The van der Waals surface area contributed by atoms with E-state index < -0.39 is 0 Å². The molecule has 0 saturated carbocycles. The Bertz CT molecular complexity index is 965. The molecule has 25 heavy (non-hydrogen) atoms. The van der Waals surface area contributed by atoms with Gasteiger partial charge in [-0.05, 0) is 41.8 Å². The van der Waals surface area contributed by atoms with Crippen molar-refractivity contribution in [3.05, 3.63) is 77.5 Å². The van der Waals surface area contributed by atoms with Crippen LogP contribution in [-0.4, -0.2) is 17.1 Å². The number of methoxy groups -OCH3 is 1. The molecule has 2 aromatic carbocycles. The second kappa shape index (κ2) is 6.87. The summed E-state index contributed by atoms with van der Waals surface area (Å²) in [5, 5.41) is 4.17. The van der Waals surface area contributed by atoms with Crippen LogP contribution in [0.4, 0.5) is 0 Å². The van der Waals surface area contributed by atoms with Gasteiger partial charge in [0.15, 0.2) is 5.82 Å². The van der Waals surface area contributed by atoms with Crippen LogP contribution in [0.15, 0.2) is 77.5 Å². The Morgan fingerprint density at radius 3 is 2.12 bits per heavy atom. The molecule has 0 atom stereocenters. The minimum Gasteiger partial charge on any atom is -0.497 e. The first-order valence-corrected chi connectivity index (χ1v) is 8.89. The van der Waals surface area contributed by atoms with E-state index in [-0.39, 0.29) is 0 Å². The molecule has 3 nitrogen and oxygen atoms in total. The van der Waals surface area contributed by atoms with Crippen LogP contribution in [0.5, 0.6) is 5.75 Å². The van der Waals surface area contributed by atoms with Crippen molar-refractivity contribution in [3.8, 4) is 39.7 Å².